The van der Waals surface area contributed by atoms with Crippen molar-refractivity contribution >= 4 is 29.5 Å². The third kappa shape index (κ3) is 4.57. The number of fused-ring (bicyclic) bond motifs is 1. The second kappa shape index (κ2) is 9.86. The molecule has 3 aliphatic heterocycles. The first kappa shape index (κ1) is 23.2. The number of amides is 4. The molecule has 0 bridgehead atoms. The highest BCUT2D eigenvalue weighted by molar-refractivity contribution is 6.23. The van der Waals surface area contributed by atoms with Crippen molar-refractivity contribution in [3.05, 3.63) is 24.2 Å². The van der Waals surface area contributed by atoms with E-state index in [0.717, 1.165) is 38.1 Å². The Morgan fingerprint density at radius 3 is 2.55 bits per heavy atom. The van der Waals surface area contributed by atoms with E-state index in [1.54, 1.807) is 24.1 Å². The van der Waals surface area contributed by atoms with E-state index < -0.39 is 6.04 Å². The van der Waals surface area contributed by atoms with Crippen LogP contribution in [0.25, 0.3) is 0 Å². The molecule has 10 heteroatoms. The van der Waals surface area contributed by atoms with Crippen LogP contribution in [-0.2, 0) is 4.79 Å². The van der Waals surface area contributed by atoms with Crippen LogP contribution in [-0.4, -0.2) is 113 Å². The molecule has 4 heterocycles. The Balaban J connectivity index is 1.47. The Bertz CT molecular complexity index is 962. The van der Waals surface area contributed by atoms with Crippen LogP contribution < -0.4 is 0 Å². The lowest BCUT2D eigenvalue weighted by molar-refractivity contribution is -0.537. The molecule has 0 aromatic carbocycles. The number of imide groups is 1. The molecule has 4 rings (SSSR count). The van der Waals surface area contributed by atoms with Crippen molar-refractivity contribution in [2.75, 3.05) is 53.4 Å². The molecule has 0 radical (unpaired) electrons. The highest BCUT2D eigenvalue weighted by Crippen LogP contribution is 2.20. The number of unbranched alkanes of at least 4 members (excludes halogenated alkanes) is 3. The number of piperazine rings is 1. The summed E-state index contributed by atoms with van der Waals surface area (Å²) in [6.07, 6.45) is 5.86. The van der Waals surface area contributed by atoms with E-state index in [1.165, 1.54) is 23.1 Å². The van der Waals surface area contributed by atoms with Gasteiger partial charge in [0.2, 0.25) is 0 Å². The largest absolute Gasteiger partial charge is 0.459 e. The molecule has 3 aliphatic rings. The lowest BCUT2D eigenvalue weighted by Gasteiger charge is -2.33. The van der Waals surface area contributed by atoms with E-state index >= 15 is 0 Å². The molecule has 1 unspecified atom stereocenters. The monoisotopic (exact) mass is 457 g/mol. The van der Waals surface area contributed by atoms with Crippen LogP contribution in [0.4, 0.5) is 4.79 Å². The van der Waals surface area contributed by atoms with Gasteiger partial charge in [-0.1, -0.05) is 19.8 Å². The second-order valence-electron chi connectivity index (χ2n) is 8.83. The average molecular weight is 458 g/mol. The van der Waals surface area contributed by atoms with E-state index in [4.69, 9.17) is 9.41 Å². The first-order chi connectivity index (χ1) is 15.9. The summed E-state index contributed by atoms with van der Waals surface area (Å²) in [5, 5.41) is 0. The summed E-state index contributed by atoms with van der Waals surface area (Å²) in [5.41, 5.74) is 0. The number of rotatable bonds is 8. The van der Waals surface area contributed by atoms with E-state index in [9.17, 15) is 14.4 Å². The standard InChI is InChI=1S/C23H33N6O4/c1-4-5-6-7-10-29-18(24-20-19(29)22(31)26(3)23(32)25(20)2)16-27-11-13-28(14-12-27)21(30)17-9-8-15-33-17/h8-9,15,19H,4-7,10-14,16H2,1-3H3/q+1. The molecule has 2 saturated heterocycles. The summed E-state index contributed by atoms with van der Waals surface area (Å²) in [5.74, 6) is 1.38. The van der Waals surface area contributed by atoms with Crippen molar-refractivity contribution in [3.63, 3.8) is 0 Å². The first-order valence-corrected chi connectivity index (χ1v) is 11.7. The molecule has 178 valence electrons. The van der Waals surface area contributed by atoms with E-state index in [0.29, 0.717) is 44.3 Å². The lowest BCUT2D eigenvalue weighted by atomic mass is 10.1. The predicted octanol–water partition coefficient (Wildman–Crippen LogP) is 1.33. The van der Waals surface area contributed by atoms with Crippen LogP contribution in [0.5, 0.6) is 0 Å². The fourth-order valence-electron chi connectivity index (χ4n) is 4.61. The number of carbonyl (C=O) groups excluding carboxylic acids is 3. The minimum absolute atomic E-state index is 0.0919. The number of hydrogen-bond acceptors (Lipinski definition) is 6. The quantitative estimate of drug-likeness (QED) is 0.434. The zero-order valence-corrected chi connectivity index (χ0v) is 19.7. The molecule has 1 aromatic heterocycles. The Morgan fingerprint density at radius 1 is 1.12 bits per heavy atom. The van der Waals surface area contributed by atoms with Gasteiger partial charge in [-0.3, -0.25) is 24.3 Å². The van der Waals surface area contributed by atoms with Crippen LogP contribution in [0.3, 0.4) is 0 Å². The van der Waals surface area contributed by atoms with Crippen molar-refractivity contribution in [1.29, 1.82) is 0 Å². The Morgan fingerprint density at radius 2 is 1.88 bits per heavy atom. The molecule has 0 spiro atoms. The van der Waals surface area contributed by atoms with Crippen LogP contribution >= 0.6 is 0 Å². The summed E-state index contributed by atoms with van der Waals surface area (Å²) in [4.78, 5) is 49.5. The molecule has 4 amide bonds. The van der Waals surface area contributed by atoms with Gasteiger partial charge in [0.1, 0.15) is 6.54 Å². The number of amidine groups is 2. The number of urea groups is 1. The third-order valence-electron chi connectivity index (χ3n) is 6.62. The van der Waals surface area contributed by atoms with Gasteiger partial charge < -0.3 is 9.32 Å². The van der Waals surface area contributed by atoms with E-state index in [1.807, 2.05) is 0 Å². The number of aliphatic imine (C=N–C) groups is 1. The maximum atomic E-state index is 13.0. The number of furan rings is 1. The zero-order chi connectivity index (χ0) is 23.5. The molecule has 1 atom stereocenters. The van der Waals surface area contributed by atoms with E-state index in [-0.39, 0.29) is 17.8 Å². The molecule has 0 saturated carbocycles. The van der Waals surface area contributed by atoms with Gasteiger partial charge in [-0.15, -0.1) is 0 Å². The summed E-state index contributed by atoms with van der Waals surface area (Å²) >= 11 is 0. The molecule has 0 aliphatic carbocycles. The van der Waals surface area contributed by atoms with Gasteiger partial charge in [0.25, 0.3) is 23.7 Å². The van der Waals surface area contributed by atoms with Crippen molar-refractivity contribution < 1.29 is 23.4 Å². The van der Waals surface area contributed by atoms with Gasteiger partial charge in [0.05, 0.1) is 12.8 Å². The van der Waals surface area contributed by atoms with Gasteiger partial charge in [-0.05, 0) is 30.0 Å². The molecule has 0 N–H and O–H groups in total. The number of nitrogens with zero attached hydrogens (tertiary/aromatic N) is 6. The summed E-state index contributed by atoms with van der Waals surface area (Å²) in [6.45, 7) is 6.09. The molecule has 10 nitrogen and oxygen atoms in total. The molecule has 1 aromatic rings. The molecule has 2 fully saturated rings. The minimum Gasteiger partial charge on any atom is -0.459 e. The van der Waals surface area contributed by atoms with Gasteiger partial charge in [-0.2, -0.15) is 0 Å². The third-order valence-corrected chi connectivity index (χ3v) is 6.62. The average Bonchev–Trinajstić information content (AvgIpc) is 3.48. The first-order valence-electron chi connectivity index (χ1n) is 11.7. The zero-order valence-electron chi connectivity index (χ0n) is 19.7. The normalized spacial score (nSPS) is 21.7. The van der Waals surface area contributed by atoms with Crippen LogP contribution in [0.1, 0.15) is 43.2 Å². The van der Waals surface area contributed by atoms with E-state index in [2.05, 4.69) is 16.4 Å². The summed E-state index contributed by atoms with van der Waals surface area (Å²) in [6, 6.07) is 2.50. The number of hydrogen-bond donors (Lipinski definition) is 0. The fraction of sp³-hybridized carbons (Fsp3) is 0.609. The Hall–Kier alpha value is -3.01. The van der Waals surface area contributed by atoms with Crippen LogP contribution in [0.2, 0.25) is 0 Å². The summed E-state index contributed by atoms with van der Waals surface area (Å²) < 4.78 is 7.32. The maximum Gasteiger partial charge on any atom is 0.333 e. The smallest absolute Gasteiger partial charge is 0.333 e. The van der Waals surface area contributed by atoms with Crippen molar-refractivity contribution in [2.24, 2.45) is 4.99 Å². The van der Waals surface area contributed by atoms with Crippen LogP contribution in [0, 0.1) is 0 Å². The fourth-order valence-corrected chi connectivity index (χ4v) is 4.61. The van der Waals surface area contributed by atoms with Gasteiger partial charge in [-0.25, -0.2) is 9.37 Å². The van der Waals surface area contributed by atoms with Crippen LogP contribution in [0.15, 0.2) is 27.8 Å². The van der Waals surface area contributed by atoms with Gasteiger partial charge in [0, 0.05) is 40.3 Å². The van der Waals surface area contributed by atoms with Crippen molar-refractivity contribution in [3.8, 4) is 0 Å². The maximum absolute atomic E-state index is 13.0. The molecular formula is C23H33N6O4+. The topological polar surface area (TPSA) is 92.7 Å². The molecule has 33 heavy (non-hydrogen) atoms. The van der Waals surface area contributed by atoms with Crippen molar-refractivity contribution in [2.45, 2.75) is 38.6 Å². The summed E-state index contributed by atoms with van der Waals surface area (Å²) in [7, 11) is 3.20. The van der Waals surface area contributed by atoms with Gasteiger partial charge >= 0.3 is 11.9 Å². The number of likely N-dealkylation sites (N-methyl/N-ethyl adjacent to an activating group) is 2. The van der Waals surface area contributed by atoms with Crippen molar-refractivity contribution in [1.82, 2.24) is 19.6 Å². The highest BCUT2D eigenvalue weighted by Gasteiger charge is 2.52. The van der Waals surface area contributed by atoms with Gasteiger partial charge in [0.15, 0.2) is 5.76 Å². The molecular weight excluding hydrogens is 424 g/mol. The second-order valence-corrected chi connectivity index (χ2v) is 8.83. The SMILES string of the molecule is CCCCCC[N+]1=C(CN2CCN(C(=O)c3ccco3)CC2)N=C2C1C(=O)N(C)C(=O)N2C. The highest BCUT2D eigenvalue weighted by atomic mass is 16.3. The predicted molar refractivity (Wildman–Crippen MR) is 122 cm³/mol. The lowest BCUT2D eigenvalue weighted by Crippen LogP contribution is -2.61. The Labute approximate surface area is 194 Å². The minimum atomic E-state index is -0.545. The Kier molecular flexibility index (Phi) is 6.92. The number of carbonyl (C=O) groups is 3.